The van der Waals surface area contributed by atoms with Gasteiger partial charge in [0.1, 0.15) is 29.2 Å². The molecule has 4 aromatic rings. The number of aryl methyl sites for hydroxylation is 1. The first-order chi connectivity index (χ1) is 16.8. The molecule has 0 amide bonds. The summed E-state index contributed by atoms with van der Waals surface area (Å²) in [5.74, 6) is -2.07. The van der Waals surface area contributed by atoms with Gasteiger partial charge in [0.2, 0.25) is 0 Å². The summed E-state index contributed by atoms with van der Waals surface area (Å²) in [7, 11) is 0. The van der Waals surface area contributed by atoms with Crippen LogP contribution in [0, 0.1) is 12.7 Å². The Morgan fingerprint density at radius 2 is 1.89 bits per heavy atom. The van der Waals surface area contributed by atoms with E-state index in [1.165, 1.54) is 19.1 Å². The van der Waals surface area contributed by atoms with Crippen LogP contribution in [-0.4, -0.2) is 32.9 Å². The van der Waals surface area contributed by atoms with Crippen LogP contribution in [0.1, 0.15) is 27.9 Å². The molecule has 1 unspecified atom stereocenters. The first kappa shape index (κ1) is 25.5. The predicted octanol–water partition coefficient (Wildman–Crippen LogP) is 5.68. The highest BCUT2D eigenvalue weighted by molar-refractivity contribution is 7.15. The monoisotopic (exact) mass is 534 g/mol. The Hall–Kier alpha value is -3.59. The van der Waals surface area contributed by atoms with Crippen molar-refractivity contribution in [2.45, 2.75) is 25.4 Å². The number of pyridine rings is 1. The number of H-pyrrole nitrogens is 1. The van der Waals surface area contributed by atoms with Crippen molar-refractivity contribution in [3.8, 4) is 22.0 Å². The molecule has 0 bridgehead atoms. The van der Waals surface area contributed by atoms with Gasteiger partial charge in [-0.1, -0.05) is 11.2 Å². The average Bonchev–Trinajstić information content (AvgIpc) is 3.38. The number of alkyl halides is 6. The zero-order valence-corrected chi connectivity index (χ0v) is 18.7. The van der Waals surface area contributed by atoms with Gasteiger partial charge in [0.05, 0.1) is 16.1 Å². The van der Waals surface area contributed by atoms with Crippen LogP contribution in [0.4, 0.5) is 30.7 Å². The average molecular weight is 534 g/mol. The van der Waals surface area contributed by atoms with Gasteiger partial charge in [0.25, 0.3) is 0 Å². The molecule has 0 saturated carbocycles. The third-order valence-corrected chi connectivity index (χ3v) is 6.03. The Labute approximate surface area is 200 Å². The van der Waals surface area contributed by atoms with E-state index < -0.39 is 42.3 Å². The smallest absolute Gasteiger partial charge is 0.358 e. The number of nitrogens with zero attached hydrogens (tertiary/aromatic N) is 3. The topological polar surface area (TPSA) is 93.9 Å². The summed E-state index contributed by atoms with van der Waals surface area (Å²) >= 11 is 0.867. The molecule has 0 aliphatic heterocycles. The minimum Gasteiger partial charge on any atom is -0.358 e. The number of thiazole rings is 1. The van der Waals surface area contributed by atoms with Crippen molar-refractivity contribution in [3.63, 3.8) is 0 Å². The Morgan fingerprint density at radius 1 is 1.14 bits per heavy atom. The van der Waals surface area contributed by atoms with Crippen molar-refractivity contribution >= 4 is 11.3 Å². The minimum absolute atomic E-state index is 0.00446. The van der Waals surface area contributed by atoms with Crippen LogP contribution < -0.4 is 5.76 Å². The van der Waals surface area contributed by atoms with E-state index in [0.717, 1.165) is 35.7 Å². The van der Waals surface area contributed by atoms with Crippen molar-refractivity contribution in [1.29, 1.82) is 0 Å². The van der Waals surface area contributed by atoms with Gasteiger partial charge in [-0.3, -0.25) is 14.5 Å². The lowest BCUT2D eigenvalue weighted by Crippen LogP contribution is -2.20. The number of aromatic nitrogens is 4. The molecule has 7 nitrogen and oxygen atoms in total. The van der Waals surface area contributed by atoms with E-state index in [9.17, 15) is 35.5 Å². The molecule has 0 spiro atoms. The molecule has 3 heterocycles. The van der Waals surface area contributed by atoms with Crippen LogP contribution in [-0.2, 0) is 10.9 Å². The molecule has 1 atom stereocenters. The van der Waals surface area contributed by atoms with Crippen LogP contribution in [0.25, 0.3) is 22.0 Å². The van der Waals surface area contributed by atoms with Crippen molar-refractivity contribution in [2.75, 3.05) is 6.61 Å². The normalized spacial score (nSPS) is 13.2. The number of aromatic amines is 1. The zero-order chi connectivity index (χ0) is 26.3. The molecule has 1 aromatic carbocycles. The molecule has 0 radical (unpaired) electrons. The standard InChI is InChI=1S/C21H13F7N4O3S/c1-9-16(36-18(30-9)11-3-5-14(29-7-11)21(26,27)28)15(34-8-20(23,24)25)10-2-4-12(13(22)6-10)17-31-19(33)35-32-17/h2-7,15H,8H2,1H3,(H,31,32,33). The van der Waals surface area contributed by atoms with Gasteiger partial charge in [-0.15, -0.1) is 11.3 Å². The van der Waals surface area contributed by atoms with Gasteiger partial charge in [0, 0.05) is 11.8 Å². The Morgan fingerprint density at radius 3 is 2.44 bits per heavy atom. The summed E-state index contributed by atoms with van der Waals surface area (Å²) in [6, 6.07) is 5.27. The van der Waals surface area contributed by atoms with Crippen LogP contribution in [0.2, 0.25) is 0 Å². The Bertz CT molecular complexity index is 1430. The third-order valence-electron chi connectivity index (χ3n) is 4.78. The number of hydrogen-bond acceptors (Lipinski definition) is 7. The van der Waals surface area contributed by atoms with E-state index in [1.54, 1.807) is 0 Å². The van der Waals surface area contributed by atoms with Gasteiger partial charge in [-0.05, 0) is 36.8 Å². The lowest BCUT2D eigenvalue weighted by Gasteiger charge is -2.19. The van der Waals surface area contributed by atoms with E-state index in [4.69, 9.17) is 4.74 Å². The highest BCUT2D eigenvalue weighted by atomic mass is 32.1. The first-order valence-corrected chi connectivity index (χ1v) is 10.7. The van der Waals surface area contributed by atoms with Gasteiger partial charge in [0.15, 0.2) is 5.82 Å². The Balaban J connectivity index is 1.72. The predicted molar refractivity (Wildman–Crippen MR) is 111 cm³/mol. The molecule has 190 valence electrons. The van der Waals surface area contributed by atoms with Crippen molar-refractivity contribution in [1.82, 2.24) is 20.1 Å². The molecule has 0 aliphatic rings. The van der Waals surface area contributed by atoms with Gasteiger partial charge in [-0.2, -0.15) is 26.3 Å². The highest BCUT2D eigenvalue weighted by Crippen LogP contribution is 2.39. The number of halogens is 7. The van der Waals surface area contributed by atoms with Crippen molar-refractivity contribution in [2.24, 2.45) is 0 Å². The molecule has 4 rings (SSSR count). The maximum Gasteiger partial charge on any atom is 0.439 e. The molecule has 0 saturated heterocycles. The third kappa shape index (κ3) is 5.62. The second-order valence-electron chi connectivity index (χ2n) is 7.39. The number of hydrogen-bond donors (Lipinski definition) is 1. The molecule has 36 heavy (non-hydrogen) atoms. The number of nitrogens with one attached hydrogen (secondary N) is 1. The lowest BCUT2D eigenvalue weighted by molar-refractivity contribution is -0.182. The Kier molecular flexibility index (Phi) is 6.70. The summed E-state index contributed by atoms with van der Waals surface area (Å²) in [6.07, 6.45) is -9.81. The van der Waals surface area contributed by atoms with Crippen LogP contribution in [0.15, 0.2) is 45.8 Å². The fourth-order valence-corrected chi connectivity index (χ4v) is 4.33. The van der Waals surface area contributed by atoms with Gasteiger partial charge < -0.3 is 4.74 Å². The van der Waals surface area contributed by atoms with E-state index >= 15 is 0 Å². The number of ether oxygens (including phenoxy) is 1. The quantitative estimate of drug-likeness (QED) is 0.320. The molecular formula is C21H13F7N4O3S. The van der Waals surface area contributed by atoms with Gasteiger partial charge >= 0.3 is 18.1 Å². The first-order valence-electron chi connectivity index (χ1n) is 9.87. The highest BCUT2D eigenvalue weighted by Gasteiger charge is 2.33. The molecule has 0 fully saturated rings. The maximum absolute atomic E-state index is 14.8. The van der Waals surface area contributed by atoms with Crippen LogP contribution in [0.5, 0.6) is 0 Å². The fourth-order valence-electron chi connectivity index (χ4n) is 3.20. The van der Waals surface area contributed by atoms with Crippen LogP contribution >= 0.6 is 11.3 Å². The summed E-state index contributed by atoms with van der Waals surface area (Å²) in [6.45, 7) is -0.187. The molecule has 0 aliphatic carbocycles. The van der Waals surface area contributed by atoms with Crippen molar-refractivity contribution in [3.05, 3.63) is 74.7 Å². The van der Waals surface area contributed by atoms with E-state index in [-0.39, 0.29) is 38.1 Å². The van der Waals surface area contributed by atoms with E-state index in [0.29, 0.717) is 0 Å². The summed E-state index contributed by atoms with van der Waals surface area (Å²) in [5, 5.41) is 3.56. The van der Waals surface area contributed by atoms with Crippen molar-refractivity contribution < 1.29 is 40.0 Å². The van der Waals surface area contributed by atoms with Crippen LogP contribution in [0.3, 0.4) is 0 Å². The number of benzene rings is 1. The SMILES string of the molecule is Cc1nc(-c2ccc(C(F)(F)F)nc2)sc1C(OCC(F)(F)F)c1ccc(-c2noc(=O)[nH]2)c(F)c1. The maximum atomic E-state index is 14.8. The molecule has 3 aromatic heterocycles. The second-order valence-corrected chi connectivity index (χ2v) is 8.42. The largest absolute Gasteiger partial charge is 0.439 e. The van der Waals surface area contributed by atoms with E-state index in [1.807, 2.05) is 0 Å². The number of rotatable bonds is 6. The second kappa shape index (κ2) is 9.46. The van der Waals surface area contributed by atoms with Gasteiger partial charge in [-0.25, -0.2) is 14.2 Å². The summed E-state index contributed by atoms with van der Waals surface area (Å²) in [5.41, 5.74) is -0.858. The lowest BCUT2D eigenvalue weighted by atomic mass is 10.0. The minimum atomic E-state index is -4.70. The fraction of sp³-hybridized carbons (Fsp3) is 0.238. The molecule has 15 heteroatoms. The molecule has 1 N–H and O–H groups in total. The summed E-state index contributed by atoms with van der Waals surface area (Å²) in [4.78, 5) is 21.1. The zero-order valence-electron chi connectivity index (χ0n) is 17.9. The van der Waals surface area contributed by atoms with E-state index in [2.05, 4.69) is 24.6 Å². The molecular weight excluding hydrogens is 521 g/mol. The summed E-state index contributed by atoms with van der Waals surface area (Å²) < 4.78 is 101.